The van der Waals surface area contributed by atoms with Crippen molar-refractivity contribution in [2.75, 3.05) is 6.61 Å². The van der Waals surface area contributed by atoms with E-state index < -0.39 is 5.97 Å². The summed E-state index contributed by atoms with van der Waals surface area (Å²) in [4.78, 5) is 11.2. The summed E-state index contributed by atoms with van der Waals surface area (Å²) in [5.74, 6) is 2.60. The largest absolute Gasteiger partial charge is 0.454 e. The summed E-state index contributed by atoms with van der Waals surface area (Å²) in [6.45, 7) is 3.61. The van der Waals surface area contributed by atoms with E-state index >= 15 is 0 Å². The lowest BCUT2D eigenvalue weighted by Gasteiger charge is -1.95. The first-order valence-corrected chi connectivity index (χ1v) is 3.82. The molecule has 3 nitrogen and oxygen atoms in total. The first-order valence-electron chi connectivity index (χ1n) is 3.82. The minimum Gasteiger partial charge on any atom is -0.454 e. The third-order valence-electron chi connectivity index (χ3n) is 1.65. The molecule has 68 valence electrons. The monoisotopic (exact) mass is 178 g/mol. The zero-order valence-corrected chi connectivity index (χ0v) is 7.59. The molecule has 0 N–H and O–H groups in total. The minimum absolute atomic E-state index is 0.0301. The normalized spacial score (nSPS) is 9.31. The van der Waals surface area contributed by atoms with Gasteiger partial charge in [-0.05, 0) is 25.5 Å². The van der Waals surface area contributed by atoms with Gasteiger partial charge in [-0.2, -0.15) is 0 Å². The average molecular weight is 178 g/mol. The smallest absolute Gasteiger partial charge is 0.375 e. The Bertz CT molecular complexity index is 335. The fraction of sp³-hybridized carbons (Fsp3) is 0.300. The van der Waals surface area contributed by atoms with Crippen molar-refractivity contribution in [1.82, 2.24) is 0 Å². The quantitative estimate of drug-likeness (QED) is 0.511. The van der Waals surface area contributed by atoms with Gasteiger partial charge in [-0.15, -0.1) is 6.42 Å². The molecule has 0 atom stereocenters. The summed E-state index contributed by atoms with van der Waals surface area (Å²) in [5, 5.41) is 0. The van der Waals surface area contributed by atoms with Gasteiger partial charge in [0.2, 0.25) is 5.76 Å². The Labute approximate surface area is 76.7 Å². The summed E-state index contributed by atoms with van der Waals surface area (Å²) in [7, 11) is 0. The molecule has 0 aromatic carbocycles. The molecule has 13 heavy (non-hydrogen) atoms. The zero-order valence-electron chi connectivity index (χ0n) is 7.59. The second-order valence-corrected chi connectivity index (χ2v) is 2.63. The minimum atomic E-state index is -0.519. The fourth-order valence-corrected chi connectivity index (χ4v) is 0.852. The topological polar surface area (TPSA) is 39.4 Å². The van der Waals surface area contributed by atoms with Gasteiger partial charge in [0.15, 0.2) is 6.61 Å². The predicted octanol–water partition coefficient (Wildman–Crippen LogP) is 1.69. The maximum Gasteiger partial charge on any atom is 0.375 e. The van der Waals surface area contributed by atoms with Gasteiger partial charge < -0.3 is 9.15 Å². The Kier molecular flexibility index (Phi) is 2.76. The standard InChI is InChI=1S/C10H10O3/c1-4-5-12-10(11)9-6-7(2)8(3)13-9/h1,6H,5H2,2-3H3. The van der Waals surface area contributed by atoms with Gasteiger partial charge in [0.1, 0.15) is 5.76 Å². The number of furan rings is 1. The molecule has 1 rings (SSSR count). The SMILES string of the molecule is C#CCOC(=O)c1cc(C)c(C)o1. The zero-order chi connectivity index (χ0) is 9.84. The number of terminal acetylenes is 1. The number of rotatable bonds is 2. The van der Waals surface area contributed by atoms with Gasteiger partial charge in [0.05, 0.1) is 0 Å². The number of carbonyl (C=O) groups excluding carboxylic acids is 1. The molecule has 0 fully saturated rings. The van der Waals surface area contributed by atoms with Gasteiger partial charge in [0, 0.05) is 0 Å². The summed E-state index contributed by atoms with van der Waals surface area (Å²) >= 11 is 0. The molecular weight excluding hydrogens is 168 g/mol. The van der Waals surface area contributed by atoms with Crippen LogP contribution in [0.3, 0.4) is 0 Å². The van der Waals surface area contributed by atoms with Crippen LogP contribution in [0.25, 0.3) is 0 Å². The summed E-state index contributed by atoms with van der Waals surface area (Å²) in [6, 6.07) is 1.63. The van der Waals surface area contributed by atoms with Crippen LogP contribution in [0, 0.1) is 26.2 Å². The number of aryl methyl sites for hydroxylation is 2. The molecule has 0 aliphatic carbocycles. The van der Waals surface area contributed by atoms with Crippen molar-refractivity contribution in [2.45, 2.75) is 13.8 Å². The lowest BCUT2D eigenvalue weighted by Crippen LogP contribution is -2.03. The van der Waals surface area contributed by atoms with E-state index in [-0.39, 0.29) is 12.4 Å². The third kappa shape index (κ3) is 2.12. The van der Waals surface area contributed by atoms with Crippen LogP contribution in [0.5, 0.6) is 0 Å². The maximum atomic E-state index is 11.2. The maximum absolute atomic E-state index is 11.2. The van der Waals surface area contributed by atoms with Crippen molar-refractivity contribution in [3.05, 3.63) is 23.2 Å². The van der Waals surface area contributed by atoms with E-state index in [0.29, 0.717) is 5.76 Å². The lowest BCUT2D eigenvalue weighted by molar-refractivity contribution is 0.0519. The van der Waals surface area contributed by atoms with Crippen LogP contribution in [0.1, 0.15) is 21.9 Å². The molecule has 0 unspecified atom stereocenters. The molecule has 0 spiro atoms. The highest BCUT2D eigenvalue weighted by atomic mass is 16.5. The molecule has 0 saturated carbocycles. The van der Waals surface area contributed by atoms with Gasteiger partial charge in [0.25, 0.3) is 0 Å². The molecular formula is C10H10O3. The van der Waals surface area contributed by atoms with E-state index in [2.05, 4.69) is 10.7 Å². The molecule has 1 heterocycles. The lowest BCUT2D eigenvalue weighted by atomic mass is 10.3. The van der Waals surface area contributed by atoms with E-state index in [9.17, 15) is 4.79 Å². The molecule has 0 aliphatic rings. The first-order chi connectivity index (χ1) is 6.15. The first kappa shape index (κ1) is 9.40. The molecule has 0 amide bonds. The Morgan fingerprint density at radius 2 is 2.38 bits per heavy atom. The van der Waals surface area contributed by atoms with Gasteiger partial charge in [-0.1, -0.05) is 5.92 Å². The average Bonchev–Trinajstić information content (AvgIpc) is 2.43. The predicted molar refractivity (Wildman–Crippen MR) is 47.3 cm³/mol. The van der Waals surface area contributed by atoms with Gasteiger partial charge in [-0.25, -0.2) is 4.79 Å². The second-order valence-electron chi connectivity index (χ2n) is 2.63. The van der Waals surface area contributed by atoms with E-state index in [1.54, 1.807) is 13.0 Å². The van der Waals surface area contributed by atoms with Crippen LogP contribution < -0.4 is 0 Å². The Morgan fingerprint density at radius 1 is 1.69 bits per heavy atom. The Hall–Kier alpha value is -1.69. The van der Waals surface area contributed by atoms with Crippen LogP contribution in [0.4, 0.5) is 0 Å². The van der Waals surface area contributed by atoms with Crippen molar-refractivity contribution in [3.63, 3.8) is 0 Å². The summed E-state index contributed by atoms with van der Waals surface area (Å²) in [5.41, 5.74) is 0.924. The Morgan fingerprint density at radius 3 is 2.85 bits per heavy atom. The van der Waals surface area contributed by atoms with E-state index in [4.69, 9.17) is 10.8 Å². The van der Waals surface area contributed by atoms with Crippen molar-refractivity contribution < 1.29 is 13.9 Å². The highest BCUT2D eigenvalue weighted by molar-refractivity contribution is 5.86. The summed E-state index contributed by atoms with van der Waals surface area (Å²) < 4.78 is 9.81. The highest BCUT2D eigenvalue weighted by Crippen LogP contribution is 2.13. The highest BCUT2D eigenvalue weighted by Gasteiger charge is 2.12. The van der Waals surface area contributed by atoms with Crippen LogP contribution >= 0.6 is 0 Å². The second kappa shape index (κ2) is 3.81. The summed E-state index contributed by atoms with van der Waals surface area (Å²) in [6.07, 6.45) is 4.93. The van der Waals surface area contributed by atoms with Crippen LogP contribution in [-0.2, 0) is 4.74 Å². The van der Waals surface area contributed by atoms with Crippen molar-refractivity contribution in [2.24, 2.45) is 0 Å². The Balaban J connectivity index is 2.73. The third-order valence-corrected chi connectivity index (χ3v) is 1.65. The molecule has 0 saturated heterocycles. The molecule has 1 aromatic rings. The molecule has 1 aromatic heterocycles. The van der Waals surface area contributed by atoms with Crippen LogP contribution in [0.2, 0.25) is 0 Å². The molecule has 0 bridgehead atoms. The van der Waals surface area contributed by atoms with Crippen molar-refractivity contribution >= 4 is 5.97 Å². The van der Waals surface area contributed by atoms with E-state index in [0.717, 1.165) is 5.56 Å². The number of ether oxygens (including phenoxy) is 1. The molecule has 0 radical (unpaired) electrons. The van der Waals surface area contributed by atoms with Gasteiger partial charge >= 0.3 is 5.97 Å². The van der Waals surface area contributed by atoms with Crippen LogP contribution in [0.15, 0.2) is 10.5 Å². The van der Waals surface area contributed by atoms with Crippen LogP contribution in [-0.4, -0.2) is 12.6 Å². The number of hydrogen-bond acceptors (Lipinski definition) is 3. The fourth-order valence-electron chi connectivity index (χ4n) is 0.852. The number of carbonyl (C=O) groups is 1. The molecule has 0 aliphatic heterocycles. The number of hydrogen-bond donors (Lipinski definition) is 0. The van der Waals surface area contributed by atoms with E-state index in [1.165, 1.54) is 0 Å². The van der Waals surface area contributed by atoms with E-state index in [1.807, 2.05) is 6.92 Å². The van der Waals surface area contributed by atoms with Crippen molar-refractivity contribution in [1.29, 1.82) is 0 Å². The molecule has 3 heteroatoms. The number of esters is 1. The van der Waals surface area contributed by atoms with Gasteiger partial charge in [-0.3, -0.25) is 0 Å². The van der Waals surface area contributed by atoms with Crippen molar-refractivity contribution in [3.8, 4) is 12.3 Å².